The highest BCUT2D eigenvalue weighted by Crippen LogP contribution is 2.25. The van der Waals surface area contributed by atoms with Gasteiger partial charge < -0.3 is 10.0 Å². The molecule has 1 N–H and O–H groups in total. The lowest BCUT2D eigenvalue weighted by molar-refractivity contribution is -0.124. The number of likely N-dealkylation sites (tertiary alicyclic amines) is 1. The zero-order valence-corrected chi connectivity index (χ0v) is 13.5. The highest BCUT2D eigenvalue weighted by Gasteiger charge is 2.27. The summed E-state index contributed by atoms with van der Waals surface area (Å²) >= 11 is 5.94. The van der Waals surface area contributed by atoms with Crippen LogP contribution >= 0.6 is 11.6 Å². The average Bonchev–Trinajstić information content (AvgIpc) is 2.47. The number of rotatable bonds is 5. The molecule has 1 fully saturated rings. The van der Waals surface area contributed by atoms with Gasteiger partial charge in [0.1, 0.15) is 5.78 Å². The summed E-state index contributed by atoms with van der Waals surface area (Å²) in [5, 5.41) is 10.3. The van der Waals surface area contributed by atoms with E-state index in [1.807, 2.05) is 38.1 Å². The second kappa shape index (κ2) is 7.39. The summed E-state index contributed by atoms with van der Waals surface area (Å²) in [7, 11) is 0. The van der Waals surface area contributed by atoms with Crippen LogP contribution in [0.15, 0.2) is 24.3 Å². The molecule has 21 heavy (non-hydrogen) atoms. The molecule has 1 saturated heterocycles. The second-order valence-electron chi connectivity index (χ2n) is 6.19. The van der Waals surface area contributed by atoms with Gasteiger partial charge in [0, 0.05) is 30.6 Å². The Kier molecular flexibility index (Phi) is 5.80. The number of aliphatic hydroxyl groups is 1. The third kappa shape index (κ3) is 4.53. The van der Waals surface area contributed by atoms with E-state index in [9.17, 15) is 9.90 Å². The number of hydrogen-bond donors (Lipinski definition) is 1. The molecule has 0 amide bonds. The summed E-state index contributed by atoms with van der Waals surface area (Å²) in [6.07, 6.45) is 1.41. The molecule has 0 saturated carbocycles. The van der Waals surface area contributed by atoms with Crippen molar-refractivity contribution in [3.8, 4) is 0 Å². The van der Waals surface area contributed by atoms with E-state index in [1.165, 1.54) is 0 Å². The molecule has 2 rings (SSSR count). The van der Waals surface area contributed by atoms with E-state index < -0.39 is 0 Å². The summed E-state index contributed by atoms with van der Waals surface area (Å²) in [6, 6.07) is 7.59. The Morgan fingerprint density at radius 2 is 1.86 bits per heavy atom. The molecular formula is C17H24ClNO2. The Labute approximate surface area is 131 Å². The first-order valence-electron chi connectivity index (χ1n) is 7.67. The molecule has 0 spiro atoms. The van der Waals surface area contributed by atoms with Gasteiger partial charge in [-0.05, 0) is 30.5 Å². The van der Waals surface area contributed by atoms with E-state index in [4.69, 9.17) is 11.6 Å². The fourth-order valence-electron chi connectivity index (χ4n) is 2.82. The minimum Gasteiger partial charge on any atom is -0.393 e. The summed E-state index contributed by atoms with van der Waals surface area (Å²) in [5.74, 6) is 0.169. The van der Waals surface area contributed by atoms with Gasteiger partial charge in [-0.1, -0.05) is 37.6 Å². The maximum atomic E-state index is 12.6. The van der Waals surface area contributed by atoms with Crippen LogP contribution in [0.25, 0.3) is 0 Å². The Bertz CT molecular complexity index is 464. The van der Waals surface area contributed by atoms with Crippen molar-refractivity contribution in [2.75, 3.05) is 19.6 Å². The van der Waals surface area contributed by atoms with E-state index in [0.717, 1.165) is 38.0 Å². The molecule has 0 bridgehead atoms. The summed E-state index contributed by atoms with van der Waals surface area (Å²) in [4.78, 5) is 14.8. The van der Waals surface area contributed by atoms with E-state index in [1.54, 1.807) is 0 Å². The van der Waals surface area contributed by atoms with Crippen LogP contribution < -0.4 is 0 Å². The smallest absolute Gasteiger partial charge is 0.144 e. The second-order valence-corrected chi connectivity index (χ2v) is 6.63. The monoisotopic (exact) mass is 309 g/mol. The quantitative estimate of drug-likeness (QED) is 0.908. The molecule has 1 aromatic carbocycles. The first-order valence-corrected chi connectivity index (χ1v) is 8.04. The minimum atomic E-state index is -0.184. The Balaban J connectivity index is 2.12. The molecule has 1 aliphatic rings. The fraction of sp³-hybridized carbons (Fsp3) is 0.588. The Hall–Kier alpha value is -0.900. The number of halogens is 1. The van der Waals surface area contributed by atoms with Gasteiger partial charge in [-0.3, -0.25) is 4.79 Å². The van der Waals surface area contributed by atoms with Crippen LogP contribution in [0.4, 0.5) is 0 Å². The Morgan fingerprint density at radius 3 is 2.38 bits per heavy atom. The molecule has 3 nitrogen and oxygen atoms in total. The van der Waals surface area contributed by atoms with E-state index >= 15 is 0 Å². The number of carbonyl (C=O) groups excluding carboxylic acids is 1. The van der Waals surface area contributed by atoms with Crippen LogP contribution in [-0.2, 0) is 4.79 Å². The van der Waals surface area contributed by atoms with Crippen LogP contribution in [0.3, 0.4) is 0 Å². The van der Waals surface area contributed by atoms with Crippen LogP contribution in [0.1, 0.15) is 38.2 Å². The number of nitrogens with zero attached hydrogens (tertiary/aromatic N) is 1. The van der Waals surface area contributed by atoms with Gasteiger partial charge in [0.15, 0.2) is 0 Å². The predicted octanol–water partition coefficient (Wildman–Crippen LogP) is 3.11. The number of ketones is 1. The molecule has 1 unspecified atom stereocenters. The number of piperidine rings is 1. The van der Waals surface area contributed by atoms with Gasteiger partial charge in [-0.25, -0.2) is 0 Å². The first kappa shape index (κ1) is 16.5. The molecule has 0 radical (unpaired) electrons. The molecule has 1 aromatic rings. The van der Waals surface area contributed by atoms with Crippen molar-refractivity contribution in [1.82, 2.24) is 4.90 Å². The maximum absolute atomic E-state index is 12.6. The molecule has 1 aliphatic heterocycles. The number of hydrogen-bond acceptors (Lipinski definition) is 3. The summed E-state index contributed by atoms with van der Waals surface area (Å²) < 4.78 is 0. The van der Waals surface area contributed by atoms with Crippen LogP contribution in [0.5, 0.6) is 0 Å². The number of carbonyl (C=O) groups is 1. The summed E-state index contributed by atoms with van der Waals surface area (Å²) in [5.41, 5.74) is 1.03. The maximum Gasteiger partial charge on any atom is 0.144 e. The van der Waals surface area contributed by atoms with Crippen molar-refractivity contribution in [3.63, 3.8) is 0 Å². The van der Waals surface area contributed by atoms with Gasteiger partial charge in [-0.15, -0.1) is 0 Å². The lowest BCUT2D eigenvalue weighted by atomic mass is 9.88. The van der Waals surface area contributed by atoms with Gasteiger partial charge in [0.25, 0.3) is 0 Å². The lowest BCUT2D eigenvalue weighted by Crippen LogP contribution is -2.40. The average molecular weight is 310 g/mol. The van der Waals surface area contributed by atoms with Crippen LogP contribution in [0.2, 0.25) is 5.02 Å². The minimum absolute atomic E-state index is 0.0149. The molecule has 116 valence electrons. The van der Waals surface area contributed by atoms with Crippen molar-refractivity contribution in [2.24, 2.45) is 5.92 Å². The SMILES string of the molecule is CC(C)C(=O)C(CN1CCC(O)CC1)c1ccc(Cl)cc1. The number of benzene rings is 1. The zero-order valence-electron chi connectivity index (χ0n) is 12.8. The highest BCUT2D eigenvalue weighted by molar-refractivity contribution is 6.30. The van der Waals surface area contributed by atoms with Gasteiger partial charge in [0.2, 0.25) is 0 Å². The molecule has 0 aromatic heterocycles. The van der Waals surface area contributed by atoms with Crippen LogP contribution in [-0.4, -0.2) is 41.5 Å². The van der Waals surface area contributed by atoms with Crippen molar-refractivity contribution in [1.29, 1.82) is 0 Å². The van der Waals surface area contributed by atoms with E-state index in [-0.39, 0.29) is 23.7 Å². The van der Waals surface area contributed by atoms with Crippen molar-refractivity contribution >= 4 is 17.4 Å². The lowest BCUT2D eigenvalue weighted by Gasteiger charge is -2.32. The van der Waals surface area contributed by atoms with E-state index in [2.05, 4.69) is 4.90 Å². The molecule has 1 atom stereocenters. The van der Waals surface area contributed by atoms with Crippen LogP contribution in [0, 0.1) is 5.92 Å². The topological polar surface area (TPSA) is 40.5 Å². The normalized spacial score (nSPS) is 18.9. The summed E-state index contributed by atoms with van der Waals surface area (Å²) in [6.45, 7) is 6.34. The number of aliphatic hydroxyl groups excluding tert-OH is 1. The highest BCUT2D eigenvalue weighted by atomic mass is 35.5. The van der Waals surface area contributed by atoms with Gasteiger partial charge in [0.05, 0.1) is 12.0 Å². The molecular weight excluding hydrogens is 286 g/mol. The third-order valence-electron chi connectivity index (χ3n) is 4.18. The van der Waals surface area contributed by atoms with Gasteiger partial charge in [-0.2, -0.15) is 0 Å². The van der Waals surface area contributed by atoms with E-state index in [0.29, 0.717) is 5.02 Å². The molecule has 4 heteroatoms. The van der Waals surface area contributed by atoms with Crippen molar-refractivity contribution in [2.45, 2.75) is 38.7 Å². The van der Waals surface area contributed by atoms with Crippen molar-refractivity contribution < 1.29 is 9.90 Å². The van der Waals surface area contributed by atoms with Gasteiger partial charge >= 0.3 is 0 Å². The fourth-order valence-corrected chi connectivity index (χ4v) is 2.94. The van der Waals surface area contributed by atoms with Crippen molar-refractivity contribution in [3.05, 3.63) is 34.9 Å². The largest absolute Gasteiger partial charge is 0.393 e. The first-order chi connectivity index (χ1) is 9.97. The molecule has 0 aliphatic carbocycles. The Morgan fingerprint density at radius 1 is 1.29 bits per heavy atom. The third-order valence-corrected chi connectivity index (χ3v) is 4.43. The number of Topliss-reactive ketones (excluding diaryl/α,β-unsaturated/α-hetero) is 1. The standard InChI is InChI=1S/C17H24ClNO2/c1-12(2)17(21)16(13-3-5-14(18)6-4-13)11-19-9-7-15(20)8-10-19/h3-6,12,15-16,20H,7-11H2,1-2H3. The zero-order chi connectivity index (χ0) is 15.4. The molecule has 1 heterocycles. The predicted molar refractivity (Wildman–Crippen MR) is 85.7 cm³/mol.